The fourth-order valence-corrected chi connectivity index (χ4v) is 3.07. The van der Waals surface area contributed by atoms with Crippen molar-refractivity contribution in [3.63, 3.8) is 0 Å². The second-order valence-electron chi connectivity index (χ2n) is 6.05. The SMILES string of the molecule is Cc1cccc(C(=O)NC2(C(N)=S)CCC(C)CC2)c1O. The van der Waals surface area contributed by atoms with Gasteiger partial charge in [-0.25, -0.2) is 0 Å². The number of benzene rings is 1. The van der Waals surface area contributed by atoms with E-state index in [0.29, 0.717) is 16.5 Å². The third kappa shape index (κ3) is 3.18. The van der Waals surface area contributed by atoms with E-state index < -0.39 is 5.54 Å². The van der Waals surface area contributed by atoms with Crippen LogP contribution in [0.2, 0.25) is 0 Å². The van der Waals surface area contributed by atoms with Crippen molar-refractivity contribution in [2.75, 3.05) is 0 Å². The highest BCUT2D eigenvalue weighted by Gasteiger charge is 2.38. The number of amides is 1. The highest BCUT2D eigenvalue weighted by atomic mass is 32.1. The number of thiocarbonyl (C=S) groups is 1. The van der Waals surface area contributed by atoms with Crippen LogP contribution in [-0.2, 0) is 0 Å². The molecular weight excluding hydrogens is 284 g/mol. The third-order valence-corrected chi connectivity index (χ3v) is 4.83. The number of nitrogens with one attached hydrogen (secondary N) is 1. The van der Waals surface area contributed by atoms with Crippen LogP contribution in [-0.4, -0.2) is 21.5 Å². The molecule has 21 heavy (non-hydrogen) atoms. The van der Waals surface area contributed by atoms with Gasteiger partial charge < -0.3 is 16.2 Å². The van der Waals surface area contributed by atoms with Crippen LogP contribution in [0.15, 0.2) is 18.2 Å². The molecule has 0 atom stereocenters. The van der Waals surface area contributed by atoms with E-state index in [1.807, 2.05) is 0 Å². The van der Waals surface area contributed by atoms with E-state index in [1.165, 1.54) is 0 Å². The van der Waals surface area contributed by atoms with Crippen LogP contribution in [0.25, 0.3) is 0 Å². The van der Waals surface area contributed by atoms with Crippen molar-refractivity contribution in [2.45, 2.75) is 45.1 Å². The van der Waals surface area contributed by atoms with E-state index in [2.05, 4.69) is 12.2 Å². The van der Waals surface area contributed by atoms with Crippen molar-refractivity contribution in [1.82, 2.24) is 5.32 Å². The maximum Gasteiger partial charge on any atom is 0.255 e. The first kappa shape index (κ1) is 15.8. The van der Waals surface area contributed by atoms with Crippen LogP contribution < -0.4 is 11.1 Å². The Morgan fingerprint density at radius 1 is 1.43 bits per heavy atom. The molecule has 0 bridgehead atoms. The molecule has 1 aromatic rings. The molecule has 0 unspecified atom stereocenters. The van der Waals surface area contributed by atoms with Gasteiger partial charge in [-0.2, -0.15) is 0 Å². The van der Waals surface area contributed by atoms with E-state index in [9.17, 15) is 9.90 Å². The van der Waals surface area contributed by atoms with E-state index in [4.69, 9.17) is 18.0 Å². The lowest BCUT2D eigenvalue weighted by Crippen LogP contribution is -2.58. The quantitative estimate of drug-likeness (QED) is 0.751. The molecule has 2 rings (SSSR count). The fourth-order valence-electron chi connectivity index (χ4n) is 2.81. The zero-order chi connectivity index (χ0) is 15.6. The Bertz CT molecular complexity index is 563. The minimum Gasteiger partial charge on any atom is -0.507 e. The molecule has 0 heterocycles. The third-order valence-electron chi connectivity index (χ3n) is 4.43. The van der Waals surface area contributed by atoms with Crippen molar-refractivity contribution < 1.29 is 9.90 Å². The average molecular weight is 306 g/mol. The second-order valence-corrected chi connectivity index (χ2v) is 6.49. The summed E-state index contributed by atoms with van der Waals surface area (Å²) in [5.74, 6) is 0.313. The molecule has 5 heteroatoms. The molecule has 0 aliphatic heterocycles. The predicted octanol–water partition coefficient (Wildman–Crippen LogP) is 2.67. The highest BCUT2D eigenvalue weighted by Crippen LogP contribution is 2.33. The average Bonchev–Trinajstić information content (AvgIpc) is 2.44. The first-order valence-electron chi connectivity index (χ1n) is 7.27. The van der Waals surface area contributed by atoms with Crippen LogP contribution in [0, 0.1) is 12.8 Å². The molecule has 0 radical (unpaired) electrons. The van der Waals surface area contributed by atoms with Gasteiger partial charge in [0.1, 0.15) is 5.75 Å². The smallest absolute Gasteiger partial charge is 0.255 e. The van der Waals surface area contributed by atoms with Gasteiger partial charge in [-0.3, -0.25) is 4.79 Å². The van der Waals surface area contributed by atoms with Crippen molar-refractivity contribution in [2.24, 2.45) is 11.7 Å². The van der Waals surface area contributed by atoms with Crippen LogP contribution >= 0.6 is 12.2 Å². The van der Waals surface area contributed by atoms with Gasteiger partial charge in [-0.05, 0) is 50.2 Å². The first-order chi connectivity index (χ1) is 9.85. The first-order valence-corrected chi connectivity index (χ1v) is 7.67. The molecule has 4 nitrogen and oxygen atoms in total. The zero-order valence-corrected chi connectivity index (χ0v) is 13.3. The van der Waals surface area contributed by atoms with Crippen LogP contribution in [0.4, 0.5) is 0 Å². The normalized spacial score (nSPS) is 25.3. The molecule has 1 aliphatic carbocycles. The van der Waals surface area contributed by atoms with Gasteiger partial charge >= 0.3 is 0 Å². The number of carbonyl (C=O) groups excluding carboxylic acids is 1. The lowest BCUT2D eigenvalue weighted by molar-refractivity contribution is 0.0898. The monoisotopic (exact) mass is 306 g/mol. The molecule has 4 N–H and O–H groups in total. The summed E-state index contributed by atoms with van der Waals surface area (Å²) in [6, 6.07) is 5.12. The number of hydrogen-bond acceptors (Lipinski definition) is 3. The number of aryl methyl sites for hydroxylation is 1. The standard InChI is InChI=1S/C16H22N2O2S/c1-10-6-8-16(9-7-10,15(17)21)18-14(20)12-5-3-4-11(2)13(12)19/h3-5,10,19H,6-9H2,1-2H3,(H2,17,21)(H,18,20). The largest absolute Gasteiger partial charge is 0.507 e. The maximum absolute atomic E-state index is 12.5. The molecule has 1 amide bonds. The minimum absolute atomic E-state index is 0.0114. The van der Waals surface area contributed by atoms with E-state index in [1.54, 1.807) is 25.1 Å². The van der Waals surface area contributed by atoms with Crippen molar-refractivity contribution in [1.29, 1.82) is 0 Å². The van der Waals surface area contributed by atoms with Gasteiger partial charge in [0, 0.05) is 0 Å². The van der Waals surface area contributed by atoms with Crippen LogP contribution in [0.5, 0.6) is 5.75 Å². The molecule has 1 saturated carbocycles. The summed E-state index contributed by atoms with van der Waals surface area (Å²) >= 11 is 5.19. The summed E-state index contributed by atoms with van der Waals surface area (Å²) in [7, 11) is 0. The Balaban J connectivity index is 2.23. The number of phenolic OH excluding ortho intramolecular Hbond substituents is 1. The second kappa shape index (κ2) is 6.02. The van der Waals surface area contributed by atoms with Gasteiger partial charge in [0.2, 0.25) is 0 Å². The maximum atomic E-state index is 12.5. The Hall–Kier alpha value is -1.62. The van der Waals surface area contributed by atoms with E-state index in [-0.39, 0.29) is 17.2 Å². The number of aromatic hydroxyl groups is 1. The fraction of sp³-hybridized carbons (Fsp3) is 0.500. The van der Waals surface area contributed by atoms with E-state index >= 15 is 0 Å². The number of carbonyl (C=O) groups is 1. The highest BCUT2D eigenvalue weighted by molar-refractivity contribution is 7.80. The Morgan fingerprint density at radius 3 is 2.62 bits per heavy atom. The van der Waals surface area contributed by atoms with Gasteiger partial charge in [0.05, 0.1) is 16.1 Å². The summed E-state index contributed by atoms with van der Waals surface area (Å²) in [6.07, 6.45) is 3.47. The molecule has 0 aromatic heterocycles. The molecule has 1 fully saturated rings. The lowest BCUT2D eigenvalue weighted by atomic mass is 9.77. The molecule has 114 valence electrons. The predicted molar refractivity (Wildman–Crippen MR) is 87.5 cm³/mol. The van der Waals surface area contributed by atoms with Crippen molar-refractivity contribution in [3.8, 4) is 5.75 Å². The summed E-state index contributed by atoms with van der Waals surface area (Å²) in [5.41, 5.74) is 6.20. The number of rotatable bonds is 3. The summed E-state index contributed by atoms with van der Waals surface area (Å²) < 4.78 is 0. The van der Waals surface area contributed by atoms with Gasteiger partial charge in [-0.1, -0.05) is 31.3 Å². The number of nitrogens with two attached hydrogens (primary N) is 1. The summed E-state index contributed by atoms with van der Waals surface area (Å²) in [5, 5.41) is 13.0. The molecule has 0 saturated heterocycles. The lowest BCUT2D eigenvalue weighted by Gasteiger charge is -2.39. The molecule has 1 aromatic carbocycles. The topological polar surface area (TPSA) is 75.4 Å². The van der Waals surface area contributed by atoms with Crippen molar-refractivity contribution >= 4 is 23.1 Å². The molecular formula is C16H22N2O2S. The Kier molecular flexibility index (Phi) is 4.52. The Labute approximate surface area is 130 Å². The zero-order valence-electron chi connectivity index (χ0n) is 12.5. The molecule has 1 aliphatic rings. The number of para-hydroxylation sites is 1. The molecule has 0 spiro atoms. The van der Waals surface area contributed by atoms with Crippen molar-refractivity contribution in [3.05, 3.63) is 29.3 Å². The number of phenols is 1. The minimum atomic E-state index is -0.630. The number of hydrogen-bond donors (Lipinski definition) is 3. The summed E-state index contributed by atoms with van der Waals surface area (Å²) in [4.78, 5) is 12.8. The van der Waals surface area contributed by atoms with Gasteiger partial charge in [0.25, 0.3) is 5.91 Å². The van der Waals surface area contributed by atoms with Gasteiger partial charge in [0.15, 0.2) is 0 Å². The van der Waals surface area contributed by atoms with Crippen LogP contribution in [0.3, 0.4) is 0 Å². The van der Waals surface area contributed by atoms with E-state index in [0.717, 1.165) is 25.7 Å². The summed E-state index contributed by atoms with van der Waals surface area (Å²) in [6.45, 7) is 3.95. The van der Waals surface area contributed by atoms with Crippen LogP contribution in [0.1, 0.15) is 48.5 Å². The Morgan fingerprint density at radius 2 is 2.05 bits per heavy atom. The van der Waals surface area contributed by atoms with Gasteiger partial charge in [-0.15, -0.1) is 0 Å².